The maximum Gasteiger partial charge on any atom is 0.338 e. The molecule has 5 nitrogen and oxygen atoms in total. The predicted molar refractivity (Wildman–Crippen MR) is 65.0 cm³/mol. The number of rotatable bonds is 5. The van der Waals surface area contributed by atoms with Crippen molar-refractivity contribution in [2.24, 2.45) is 0 Å². The van der Waals surface area contributed by atoms with E-state index < -0.39 is 11.6 Å². The number of carbonyl (C=O) groups is 1. The molecule has 1 atom stereocenters. The molecular weight excluding hydrogens is 220 g/mol. The van der Waals surface area contributed by atoms with Gasteiger partial charge in [0.25, 0.3) is 0 Å². The fraction of sp³-hybridized carbons (Fsp3) is 0.500. The second-order valence-corrected chi connectivity index (χ2v) is 4.13. The van der Waals surface area contributed by atoms with Crippen molar-refractivity contribution in [1.29, 1.82) is 0 Å². The molecule has 1 aromatic heterocycles. The molecule has 0 radical (unpaired) electrons. The maximum atomic E-state index is 11.3. The van der Waals surface area contributed by atoms with E-state index in [1.165, 1.54) is 13.3 Å². The number of nitrogens with one attached hydrogen (secondary N) is 1. The van der Waals surface area contributed by atoms with Gasteiger partial charge >= 0.3 is 5.97 Å². The Kier molecular flexibility index (Phi) is 4.45. The number of aromatic nitrogens is 1. The first-order valence-electron chi connectivity index (χ1n) is 5.49. The average Bonchev–Trinajstić information content (AvgIpc) is 2.36. The molecule has 0 aliphatic rings. The Morgan fingerprint density at radius 1 is 1.65 bits per heavy atom. The normalized spacial score (nSPS) is 13.9. The minimum atomic E-state index is -0.789. The summed E-state index contributed by atoms with van der Waals surface area (Å²) >= 11 is 0. The average molecular weight is 238 g/mol. The molecule has 0 bridgehead atoms. The van der Waals surface area contributed by atoms with Crippen molar-refractivity contribution < 1.29 is 14.6 Å². The lowest BCUT2D eigenvalue weighted by Gasteiger charge is -2.21. The first-order chi connectivity index (χ1) is 7.98. The van der Waals surface area contributed by atoms with Crippen LogP contribution in [0.1, 0.15) is 30.6 Å². The summed E-state index contributed by atoms with van der Waals surface area (Å²) in [6.07, 6.45) is 2.16. The van der Waals surface area contributed by atoms with Gasteiger partial charge in [-0.3, -0.25) is 0 Å². The number of pyridine rings is 1. The molecule has 17 heavy (non-hydrogen) atoms. The van der Waals surface area contributed by atoms with Crippen LogP contribution in [0.3, 0.4) is 0 Å². The number of anilines is 1. The lowest BCUT2D eigenvalue weighted by molar-refractivity contribution is 0.0600. The van der Waals surface area contributed by atoms with Crippen LogP contribution in [0.5, 0.6) is 0 Å². The van der Waals surface area contributed by atoms with Crippen LogP contribution in [0.25, 0.3) is 0 Å². The summed E-state index contributed by atoms with van der Waals surface area (Å²) in [5, 5.41) is 12.8. The monoisotopic (exact) mass is 238 g/mol. The molecule has 2 N–H and O–H groups in total. The smallest absolute Gasteiger partial charge is 0.338 e. The zero-order valence-electron chi connectivity index (χ0n) is 10.4. The van der Waals surface area contributed by atoms with Crippen LogP contribution in [0, 0.1) is 0 Å². The molecule has 0 fully saturated rings. The number of hydrogen-bond acceptors (Lipinski definition) is 5. The molecule has 1 rings (SSSR count). The molecule has 0 spiro atoms. The lowest BCUT2D eigenvalue weighted by atomic mass is 10.0. The topological polar surface area (TPSA) is 71.5 Å². The predicted octanol–water partition coefficient (Wildman–Crippen LogP) is 1.44. The Balaban J connectivity index is 2.70. The number of methoxy groups -OCH3 is 1. The molecule has 0 aliphatic carbocycles. The Morgan fingerprint density at radius 2 is 2.35 bits per heavy atom. The Labute approximate surface area is 101 Å². The summed E-state index contributed by atoms with van der Waals surface area (Å²) in [6, 6.07) is 3.17. The van der Waals surface area contributed by atoms with Crippen molar-refractivity contribution in [3.63, 3.8) is 0 Å². The number of hydrogen-bond donors (Lipinski definition) is 2. The van der Waals surface area contributed by atoms with Crippen LogP contribution in [-0.2, 0) is 4.74 Å². The minimum Gasteiger partial charge on any atom is -0.465 e. The summed E-state index contributed by atoms with van der Waals surface area (Å²) in [4.78, 5) is 15.4. The van der Waals surface area contributed by atoms with E-state index in [4.69, 9.17) is 0 Å². The van der Waals surface area contributed by atoms with E-state index in [-0.39, 0.29) is 0 Å². The van der Waals surface area contributed by atoms with Gasteiger partial charge < -0.3 is 15.2 Å². The summed E-state index contributed by atoms with van der Waals surface area (Å²) in [6.45, 7) is 4.02. The van der Waals surface area contributed by atoms with Crippen molar-refractivity contribution >= 4 is 11.8 Å². The van der Waals surface area contributed by atoms with Gasteiger partial charge in [-0.1, -0.05) is 6.92 Å². The second kappa shape index (κ2) is 5.63. The van der Waals surface area contributed by atoms with Crippen molar-refractivity contribution in [3.8, 4) is 0 Å². The van der Waals surface area contributed by atoms with Crippen LogP contribution < -0.4 is 5.32 Å². The summed E-state index contributed by atoms with van der Waals surface area (Å²) < 4.78 is 4.61. The fourth-order valence-corrected chi connectivity index (χ4v) is 1.18. The van der Waals surface area contributed by atoms with Crippen LogP contribution in [0.4, 0.5) is 5.82 Å². The third kappa shape index (κ3) is 4.03. The van der Waals surface area contributed by atoms with Gasteiger partial charge in [0.05, 0.1) is 18.3 Å². The van der Waals surface area contributed by atoms with Crippen LogP contribution in [0.2, 0.25) is 0 Å². The van der Waals surface area contributed by atoms with Gasteiger partial charge in [0, 0.05) is 12.7 Å². The van der Waals surface area contributed by atoms with Crippen molar-refractivity contribution in [1.82, 2.24) is 4.98 Å². The van der Waals surface area contributed by atoms with E-state index in [1.807, 2.05) is 6.92 Å². The largest absolute Gasteiger partial charge is 0.465 e. The standard InChI is InChI=1S/C12H18N2O3/c1-4-12(2,16)8-14-10-7-9(5-6-13-10)11(15)17-3/h5-7,16H,4,8H2,1-3H3,(H,13,14). The molecule has 1 heterocycles. The highest BCUT2D eigenvalue weighted by Gasteiger charge is 2.17. The fourth-order valence-electron chi connectivity index (χ4n) is 1.18. The Morgan fingerprint density at radius 3 is 2.94 bits per heavy atom. The third-order valence-corrected chi connectivity index (χ3v) is 2.59. The first kappa shape index (κ1) is 13.4. The minimum absolute atomic E-state index is 0.376. The van der Waals surface area contributed by atoms with Crippen molar-refractivity contribution in [2.45, 2.75) is 25.9 Å². The third-order valence-electron chi connectivity index (χ3n) is 2.59. The highest BCUT2D eigenvalue weighted by molar-refractivity contribution is 5.89. The summed E-state index contributed by atoms with van der Waals surface area (Å²) in [7, 11) is 1.33. The van der Waals surface area contributed by atoms with E-state index >= 15 is 0 Å². The van der Waals surface area contributed by atoms with Gasteiger partial charge in [0.2, 0.25) is 0 Å². The highest BCUT2D eigenvalue weighted by atomic mass is 16.5. The Bertz CT molecular complexity index is 391. The molecular formula is C12H18N2O3. The number of nitrogens with zero attached hydrogens (tertiary/aromatic N) is 1. The number of esters is 1. The van der Waals surface area contributed by atoms with Gasteiger partial charge in [-0.2, -0.15) is 0 Å². The zero-order chi connectivity index (χ0) is 12.9. The molecule has 94 valence electrons. The number of aliphatic hydroxyl groups is 1. The van der Waals surface area contributed by atoms with Gasteiger partial charge in [-0.15, -0.1) is 0 Å². The van der Waals surface area contributed by atoms with Gasteiger partial charge in [0.15, 0.2) is 0 Å². The maximum absolute atomic E-state index is 11.3. The van der Waals surface area contributed by atoms with Crippen molar-refractivity contribution in [3.05, 3.63) is 23.9 Å². The van der Waals surface area contributed by atoms with E-state index in [0.29, 0.717) is 24.3 Å². The highest BCUT2D eigenvalue weighted by Crippen LogP contribution is 2.12. The second-order valence-electron chi connectivity index (χ2n) is 4.13. The molecule has 0 amide bonds. The van der Waals surface area contributed by atoms with E-state index in [9.17, 15) is 9.90 Å². The summed E-state index contributed by atoms with van der Waals surface area (Å²) in [5.41, 5.74) is -0.357. The van der Waals surface area contributed by atoms with Crippen LogP contribution in [0.15, 0.2) is 18.3 Å². The molecule has 0 aliphatic heterocycles. The quantitative estimate of drug-likeness (QED) is 0.759. The van der Waals surface area contributed by atoms with E-state index in [2.05, 4.69) is 15.0 Å². The van der Waals surface area contributed by atoms with Crippen LogP contribution in [-0.4, -0.2) is 35.3 Å². The van der Waals surface area contributed by atoms with E-state index in [0.717, 1.165) is 0 Å². The molecule has 0 aromatic carbocycles. The van der Waals surface area contributed by atoms with Gasteiger partial charge in [-0.05, 0) is 25.5 Å². The SMILES string of the molecule is CCC(C)(O)CNc1cc(C(=O)OC)ccn1. The number of carbonyl (C=O) groups excluding carboxylic acids is 1. The number of ether oxygens (including phenoxy) is 1. The Hall–Kier alpha value is -1.62. The van der Waals surface area contributed by atoms with Crippen LogP contribution >= 0.6 is 0 Å². The molecule has 1 unspecified atom stereocenters. The first-order valence-corrected chi connectivity index (χ1v) is 5.49. The lowest BCUT2D eigenvalue weighted by Crippen LogP contribution is -2.32. The zero-order valence-corrected chi connectivity index (χ0v) is 10.4. The van der Waals surface area contributed by atoms with Gasteiger partial charge in [0.1, 0.15) is 5.82 Å². The molecule has 1 aromatic rings. The van der Waals surface area contributed by atoms with Crippen molar-refractivity contribution in [2.75, 3.05) is 19.0 Å². The van der Waals surface area contributed by atoms with Gasteiger partial charge in [-0.25, -0.2) is 9.78 Å². The van der Waals surface area contributed by atoms with E-state index in [1.54, 1.807) is 19.1 Å². The molecule has 0 saturated carbocycles. The summed E-state index contributed by atoms with van der Waals surface area (Å²) in [5.74, 6) is 0.138. The molecule has 5 heteroatoms. The molecule has 0 saturated heterocycles.